The molecule has 0 bridgehead atoms. The van der Waals surface area contributed by atoms with Crippen molar-refractivity contribution in [2.24, 2.45) is 0 Å². The normalized spacial score (nSPS) is 12.2. The Morgan fingerprint density at radius 1 is 1.04 bits per heavy atom. The summed E-state index contributed by atoms with van der Waals surface area (Å²) in [5.41, 5.74) is 1.44. The summed E-state index contributed by atoms with van der Waals surface area (Å²) < 4.78 is 31.0. The monoisotopic (exact) mass is 319 g/mol. The van der Waals surface area contributed by atoms with Gasteiger partial charge in [0.25, 0.3) is 12.3 Å². The van der Waals surface area contributed by atoms with Crippen molar-refractivity contribution in [1.29, 1.82) is 0 Å². The lowest BCUT2D eigenvalue weighted by Crippen LogP contribution is -2.38. The van der Waals surface area contributed by atoms with Crippen molar-refractivity contribution in [3.63, 3.8) is 0 Å². The minimum atomic E-state index is -2.60. The van der Waals surface area contributed by atoms with Crippen LogP contribution in [-0.4, -0.2) is 30.9 Å². The van der Waals surface area contributed by atoms with E-state index in [4.69, 9.17) is 4.74 Å². The number of hydrogen-bond acceptors (Lipinski definition) is 2. The van der Waals surface area contributed by atoms with E-state index in [2.05, 4.69) is 0 Å². The lowest BCUT2D eigenvalue weighted by Gasteiger charge is -2.27. The third-order valence-electron chi connectivity index (χ3n) is 3.45. The van der Waals surface area contributed by atoms with Crippen molar-refractivity contribution >= 4 is 5.91 Å². The van der Waals surface area contributed by atoms with Gasteiger partial charge >= 0.3 is 0 Å². The van der Waals surface area contributed by atoms with E-state index in [-0.39, 0.29) is 6.54 Å². The molecule has 0 aliphatic carbocycles. The fraction of sp³-hybridized carbons (Fsp3) is 0.278. The maximum Gasteiger partial charge on any atom is 0.256 e. The molecule has 23 heavy (non-hydrogen) atoms. The summed E-state index contributed by atoms with van der Waals surface area (Å²) in [6, 6.07) is 17.9. The zero-order valence-electron chi connectivity index (χ0n) is 12.9. The first-order valence-corrected chi connectivity index (χ1v) is 7.30. The highest BCUT2D eigenvalue weighted by molar-refractivity contribution is 5.82. The molecule has 3 nitrogen and oxygen atoms in total. The molecule has 2 aromatic rings. The van der Waals surface area contributed by atoms with Gasteiger partial charge in [-0.1, -0.05) is 60.7 Å². The van der Waals surface area contributed by atoms with Crippen LogP contribution < -0.4 is 0 Å². The van der Waals surface area contributed by atoms with Crippen molar-refractivity contribution < 1.29 is 18.3 Å². The topological polar surface area (TPSA) is 29.5 Å². The van der Waals surface area contributed by atoms with Crippen LogP contribution in [0.15, 0.2) is 60.7 Å². The molecule has 0 fully saturated rings. The van der Waals surface area contributed by atoms with E-state index in [1.807, 2.05) is 24.3 Å². The number of nitrogens with zero attached hydrogens (tertiary/aromatic N) is 1. The Hall–Kier alpha value is -2.27. The largest absolute Gasteiger partial charge is 0.367 e. The van der Waals surface area contributed by atoms with E-state index in [0.717, 1.165) is 10.5 Å². The molecule has 0 saturated heterocycles. The van der Waals surface area contributed by atoms with Crippen LogP contribution in [0, 0.1) is 0 Å². The molecule has 0 heterocycles. The van der Waals surface area contributed by atoms with Crippen molar-refractivity contribution in [2.45, 2.75) is 19.1 Å². The predicted octanol–water partition coefficient (Wildman–Crippen LogP) is 3.67. The Bertz CT molecular complexity index is 605. The minimum absolute atomic E-state index is 0.122. The highest BCUT2D eigenvalue weighted by atomic mass is 19.3. The number of hydrogen-bond donors (Lipinski definition) is 0. The molecule has 2 rings (SSSR count). The van der Waals surface area contributed by atoms with E-state index in [0.29, 0.717) is 5.56 Å². The molecule has 0 radical (unpaired) electrons. The molecular weight excluding hydrogens is 300 g/mol. The smallest absolute Gasteiger partial charge is 0.256 e. The van der Waals surface area contributed by atoms with Crippen LogP contribution in [0.3, 0.4) is 0 Å². The molecule has 1 atom stereocenters. The Kier molecular flexibility index (Phi) is 6.23. The summed E-state index contributed by atoms with van der Waals surface area (Å²) in [7, 11) is 1.40. The molecule has 0 saturated carbocycles. The fourth-order valence-corrected chi connectivity index (χ4v) is 2.38. The number of alkyl halides is 2. The Balaban J connectivity index is 2.21. The summed E-state index contributed by atoms with van der Waals surface area (Å²) >= 11 is 0. The van der Waals surface area contributed by atoms with E-state index < -0.39 is 25.0 Å². The molecule has 1 unspecified atom stereocenters. The molecule has 0 aromatic heterocycles. The van der Waals surface area contributed by atoms with E-state index in [1.165, 1.54) is 7.11 Å². The van der Waals surface area contributed by atoms with E-state index in [1.54, 1.807) is 36.4 Å². The fourth-order valence-electron chi connectivity index (χ4n) is 2.38. The minimum Gasteiger partial charge on any atom is -0.367 e. The molecule has 0 N–H and O–H groups in total. The number of benzene rings is 2. The maximum absolute atomic E-state index is 12.9. The zero-order valence-corrected chi connectivity index (χ0v) is 12.9. The van der Waals surface area contributed by atoms with Gasteiger partial charge in [0, 0.05) is 13.7 Å². The maximum atomic E-state index is 12.9. The van der Waals surface area contributed by atoms with E-state index in [9.17, 15) is 13.6 Å². The third kappa shape index (κ3) is 4.86. The molecule has 5 heteroatoms. The highest BCUT2D eigenvalue weighted by Gasteiger charge is 2.27. The van der Waals surface area contributed by atoms with Crippen molar-refractivity contribution in [1.82, 2.24) is 4.90 Å². The molecule has 0 aliphatic rings. The van der Waals surface area contributed by atoms with Crippen LogP contribution in [0.2, 0.25) is 0 Å². The first kappa shape index (κ1) is 17.1. The zero-order chi connectivity index (χ0) is 16.7. The lowest BCUT2D eigenvalue weighted by atomic mass is 10.1. The summed E-state index contributed by atoms with van der Waals surface area (Å²) in [5.74, 6) is -0.470. The Labute approximate surface area is 134 Å². The summed E-state index contributed by atoms with van der Waals surface area (Å²) in [4.78, 5) is 13.8. The van der Waals surface area contributed by atoms with Gasteiger partial charge in [-0.3, -0.25) is 4.79 Å². The second-order valence-corrected chi connectivity index (χ2v) is 5.12. The van der Waals surface area contributed by atoms with Crippen molar-refractivity contribution in [3.05, 3.63) is 71.8 Å². The van der Waals surface area contributed by atoms with Gasteiger partial charge in [0.15, 0.2) is 6.10 Å². The quantitative estimate of drug-likeness (QED) is 0.779. The second kappa shape index (κ2) is 8.39. The van der Waals surface area contributed by atoms with Crippen LogP contribution in [-0.2, 0) is 16.1 Å². The summed E-state index contributed by atoms with van der Waals surface area (Å²) in [5, 5.41) is 0. The number of carbonyl (C=O) groups is 1. The van der Waals surface area contributed by atoms with Gasteiger partial charge in [0.05, 0.1) is 6.54 Å². The van der Waals surface area contributed by atoms with Gasteiger partial charge in [-0.25, -0.2) is 8.78 Å². The SMILES string of the molecule is COC(C(=O)N(Cc1ccccc1)CC(F)F)c1ccccc1. The van der Waals surface area contributed by atoms with Gasteiger partial charge in [-0.2, -0.15) is 0 Å². The summed E-state index contributed by atoms with van der Waals surface area (Å²) in [6.07, 6.45) is -3.49. The molecule has 1 amide bonds. The predicted molar refractivity (Wildman–Crippen MR) is 84.1 cm³/mol. The van der Waals surface area contributed by atoms with Gasteiger partial charge in [-0.05, 0) is 11.1 Å². The van der Waals surface area contributed by atoms with Crippen LogP contribution in [0.4, 0.5) is 8.78 Å². The van der Waals surface area contributed by atoms with Crippen LogP contribution in [0.1, 0.15) is 17.2 Å². The van der Waals surface area contributed by atoms with Gasteiger partial charge < -0.3 is 9.64 Å². The standard InChI is InChI=1S/C18H19F2NO2/c1-23-17(15-10-6-3-7-11-15)18(22)21(13-16(19)20)12-14-8-4-2-5-9-14/h2-11,16-17H,12-13H2,1H3. The Morgan fingerprint density at radius 2 is 1.61 bits per heavy atom. The number of carbonyl (C=O) groups excluding carboxylic acids is 1. The first-order chi connectivity index (χ1) is 11.1. The average Bonchev–Trinajstić information content (AvgIpc) is 2.56. The molecule has 122 valence electrons. The Morgan fingerprint density at radius 3 is 2.13 bits per heavy atom. The van der Waals surface area contributed by atoms with Gasteiger partial charge in [-0.15, -0.1) is 0 Å². The number of halogens is 2. The average molecular weight is 319 g/mol. The molecule has 0 aliphatic heterocycles. The summed E-state index contributed by atoms with van der Waals surface area (Å²) in [6.45, 7) is -0.503. The number of rotatable bonds is 7. The van der Waals surface area contributed by atoms with E-state index >= 15 is 0 Å². The van der Waals surface area contributed by atoms with Crippen LogP contribution in [0.25, 0.3) is 0 Å². The molecular formula is C18H19F2NO2. The van der Waals surface area contributed by atoms with Gasteiger partial charge in [0.2, 0.25) is 0 Å². The second-order valence-electron chi connectivity index (χ2n) is 5.12. The third-order valence-corrected chi connectivity index (χ3v) is 3.45. The number of amides is 1. The van der Waals surface area contributed by atoms with Gasteiger partial charge in [0.1, 0.15) is 0 Å². The van der Waals surface area contributed by atoms with Crippen LogP contribution in [0.5, 0.6) is 0 Å². The highest BCUT2D eigenvalue weighted by Crippen LogP contribution is 2.21. The van der Waals surface area contributed by atoms with Crippen molar-refractivity contribution in [3.8, 4) is 0 Å². The lowest BCUT2D eigenvalue weighted by molar-refractivity contribution is -0.145. The molecule has 0 spiro atoms. The number of ether oxygens (including phenoxy) is 1. The number of methoxy groups -OCH3 is 1. The molecule has 2 aromatic carbocycles. The van der Waals surface area contributed by atoms with Crippen molar-refractivity contribution in [2.75, 3.05) is 13.7 Å². The van der Waals surface area contributed by atoms with Crippen LogP contribution >= 0.6 is 0 Å². The first-order valence-electron chi connectivity index (χ1n) is 7.30.